The first-order chi connectivity index (χ1) is 14.0. The number of aromatic nitrogens is 3. The van der Waals surface area contributed by atoms with Crippen LogP contribution >= 0.6 is 0 Å². The number of nitrogens with zero attached hydrogens (tertiary/aromatic N) is 4. The molecule has 1 aliphatic heterocycles. The predicted molar refractivity (Wildman–Crippen MR) is 100 cm³/mol. The third kappa shape index (κ3) is 3.82. The van der Waals surface area contributed by atoms with Crippen molar-refractivity contribution >= 4 is 23.5 Å². The number of hydrogen-bond donors (Lipinski definition) is 2. The summed E-state index contributed by atoms with van der Waals surface area (Å²) in [5.74, 6) is 0.525. The number of imide groups is 1. The summed E-state index contributed by atoms with van der Waals surface area (Å²) in [5.41, 5.74) is 0.694. The van der Waals surface area contributed by atoms with Crippen LogP contribution in [0.1, 0.15) is 37.4 Å². The van der Waals surface area contributed by atoms with E-state index < -0.39 is 12.1 Å². The Morgan fingerprint density at radius 2 is 2.14 bits per heavy atom. The number of pyridine rings is 1. The van der Waals surface area contributed by atoms with Crippen molar-refractivity contribution in [2.75, 3.05) is 0 Å². The molecule has 0 aromatic carbocycles. The van der Waals surface area contributed by atoms with E-state index in [-0.39, 0.29) is 37.2 Å². The molecule has 1 saturated heterocycles. The van der Waals surface area contributed by atoms with Crippen LogP contribution in [0.5, 0.6) is 0 Å². The highest BCUT2D eigenvalue weighted by atomic mass is 16.3. The second-order valence-electron chi connectivity index (χ2n) is 6.82. The van der Waals surface area contributed by atoms with Crippen molar-refractivity contribution in [1.29, 1.82) is 0 Å². The van der Waals surface area contributed by atoms with Gasteiger partial charge in [0.2, 0.25) is 5.91 Å². The van der Waals surface area contributed by atoms with Gasteiger partial charge in [0.1, 0.15) is 11.8 Å². The van der Waals surface area contributed by atoms with E-state index in [9.17, 15) is 14.4 Å². The van der Waals surface area contributed by atoms with Crippen LogP contribution in [-0.4, -0.2) is 43.4 Å². The number of carbonyl (C=O) groups excluding carboxylic acids is 3. The fraction of sp³-hybridized carbons (Fsp3) is 0.316. The Labute approximate surface area is 165 Å². The average molecular weight is 396 g/mol. The predicted octanol–water partition coefficient (Wildman–Crippen LogP) is 1.40. The molecule has 3 aromatic rings. The van der Waals surface area contributed by atoms with Crippen molar-refractivity contribution < 1.29 is 18.8 Å². The maximum Gasteiger partial charge on any atom is 0.325 e. The maximum atomic E-state index is 12.5. The van der Waals surface area contributed by atoms with Crippen molar-refractivity contribution in [2.24, 2.45) is 0 Å². The van der Waals surface area contributed by atoms with Crippen molar-refractivity contribution in [2.45, 2.75) is 38.4 Å². The Balaban J connectivity index is 1.31. The molecule has 0 spiro atoms. The summed E-state index contributed by atoms with van der Waals surface area (Å²) in [6.45, 7) is 1.88. The molecule has 0 aliphatic carbocycles. The van der Waals surface area contributed by atoms with Gasteiger partial charge in [-0.15, -0.1) is 10.2 Å². The molecule has 1 aliphatic rings. The Hall–Kier alpha value is -3.69. The molecule has 3 aromatic heterocycles. The van der Waals surface area contributed by atoms with Gasteiger partial charge < -0.3 is 15.1 Å². The Bertz CT molecular complexity index is 1040. The van der Waals surface area contributed by atoms with Gasteiger partial charge in [-0.1, -0.05) is 6.07 Å². The number of rotatable bonds is 7. The van der Waals surface area contributed by atoms with Crippen molar-refractivity contribution in [3.05, 3.63) is 54.4 Å². The summed E-state index contributed by atoms with van der Waals surface area (Å²) in [7, 11) is 0. The number of fused-ring (bicyclic) bond motifs is 1. The molecule has 10 heteroatoms. The molecule has 0 radical (unpaired) electrons. The second-order valence-corrected chi connectivity index (χ2v) is 6.82. The molecule has 150 valence electrons. The molecule has 2 N–H and O–H groups in total. The molecule has 1 fully saturated rings. The summed E-state index contributed by atoms with van der Waals surface area (Å²) in [6, 6.07) is 7.35. The van der Waals surface area contributed by atoms with E-state index in [0.717, 1.165) is 4.90 Å². The minimum atomic E-state index is -0.729. The molecule has 0 bridgehead atoms. The SMILES string of the molecule is C[C@H](NC(=O)CC[C@H]1NC(=O)N(Cc2ccco2)C1=O)c1nnc2ccccn12. The van der Waals surface area contributed by atoms with Gasteiger partial charge in [0, 0.05) is 12.6 Å². The summed E-state index contributed by atoms with van der Waals surface area (Å²) in [6.07, 6.45) is 3.60. The van der Waals surface area contributed by atoms with Crippen molar-refractivity contribution in [3.63, 3.8) is 0 Å². The lowest BCUT2D eigenvalue weighted by Gasteiger charge is -2.14. The minimum Gasteiger partial charge on any atom is -0.467 e. The average Bonchev–Trinajstić information content (AvgIpc) is 3.42. The quantitative estimate of drug-likeness (QED) is 0.582. The van der Waals surface area contributed by atoms with E-state index in [2.05, 4.69) is 20.8 Å². The van der Waals surface area contributed by atoms with Gasteiger partial charge in [-0.05, 0) is 37.6 Å². The van der Waals surface area contributed by atoms with Gasteiger partial charge >= 0.3 is 6.03 Å². The molecule has 29 heavy (non-hydrogen) atoms. The number of nitrogens with one attached hydrogen (secondary N) is 2. The van der Waals surface area contributed by atoms with Crippen LogP contribution in [0.4, 0.5) is 4.79 Å². The van der Waals surface area contributed by atoms with Gasteiger partial charge in [-0.2, -0.15) is 0 Å². The number of urea groups is 1. The molecule has 2 atom stereocenters. The lowest BCUT2D eigenvalue weighted by atomic mass is 10.1. The highest BCUT2D eigenvalue weighted by Crippen LogP contribution is 2.16. The first kappa shape index (κ1) is 18.7. The number of furan rings is 1. The molecule has 10 nitrogen and oxygen atoms in total. The second kappa shape index (κ2) is 7.74. The topological polar surface area (TPSA) is 122 Å². The summed E-state index contributed by atoms with van der Waals surface area (Å²) in [4.78, 5) is 38.0. The van der Waals surface area contributed by atoms with E-state index >= 15 is 0 Å². The Morgan fingerprint density at radius 1 is 1.28 bits per heavy atom. The third-order valence-electron chi connectivity index (χ3n) is 4.77. The van der Waals surface area contributed by atoms with Gasteiger partial charge in [-0.25, -0.2) is 4.79 Å². The van der Waals surface area contributed by atoms with Crippen molar-refractivity contribution in [1.82, 2.24) is 30.1 Å². The molecule has 4 amide bonds. The van der Waals surface area contributed by atoms with Crippen LogP contribution < -0.4 is 10.6 Å². The number of amides is 4. The van der Waals surface area contributed by atoms with E-state index in [1.165, 1.54) is 6.26 Å². The molecular formula is C19H20N6O4. The molecule has 4 rings (SSSR count). The highest BCUT2D eigenvalue weighted by molar-refractivity contribution is 6.04. The highest BCUT2D eigenvalue weighted by Gasteiger charge is 2.38. The smallest absolute Gasteiger partial charge is 0.325 e. The molecule has 0 saturated carbocycles. The maximum absolute atomic E-state index is 12.5. The lowest BCUT2D eigenvalue weighted by molar-refractivity contribution is -0.128. The van der Waals surface area contributed by atoms with Crippen LogP contribution in [0.2, 0.25) is 0 Å². The van der Waals surface area contributed by atoms with Crippen LogP contribution in [0.3, 0.4) is 0 Å². The van der Waals surface area contributed by atoms with Gasteiger partial charge in [-0.3, -0.25) is 18.9 Å². The fourth-order valence-corrected chi connectivity index (χ4v) is 3.29. The Morgan fingerprint density at radius 3 is 2.93 bits per heavy atom. The standard InChI is InChI=1S/C19H20N6O4/c1-12(17-23-22-15-6-2-3-9-24(15)17)20-16(26)8-7-14-18(27)25(19(28)21-14)11-13-5-4-10-29-13/h2-6,9-10,12,14H,7-8,11H2,1H3,(H,20,26)(H,21,28)/t12-,14+/m0/s1. The summed E-state index contributed by atoms with van der Waals surface area (Å²) in [5, 5.41) is 13.7. The van der Waals surface area contributed by atoms with Gasteiger partial charge in [0.05, 0.1) is 18.8 Å². The number of carbonyl (C=O) groups is 3. The van der Waals surface area contributed by atoms with Crippen LogP contribution in [-0.2, 0) is 16.1 Å². The van der Waals surface area contributed by atoms with Gasteiger partial charge in [0.15, 0.2) is 11.5 Å². The van der Waals surface area contributed by atoms with Crippen LogP contribution in [0, 0.1) is 0 Å². The first-order valence-corrected chi connectivity index (χ1v) is 9.26. The zero-order chi connectivity index (χ0) is 20.4. The Kier molecular flexibility index (Phi) is 4.98. The third-order valence-corrected chi connectivity index (χ3v) is 4.77. The normalized spacial score (nSPS) is 17.6. The van der Waals surface area contributed by atoms with E-state index in [1.807, 2.05) is 31.3 Å². The summed E-state index contributed by atoms with van der Waals surface area (Å²) < 4.78 is 6.99. The van der Waals surface area contributed by atoms with Crippen LogP contribution in [0.25, 0.3) is 5.65 Å². The van der Waals surface area contributed by atoms with E-state index in [0.29, 0.717) is 17.2 Å². The molecule has 0 unspecified atom stereocenters. The first-order valence-electron chi connectivity index (χ1n) is 9.26. The summed E-state index contributed by atoms with van der Waals surface area (Å²) >= 11 is 0. The molecule has 4 heterocycles. The minimum absolute atomic E-state index is 0.0668. The monoisotopic (exact) mass is 396 g/mol. The zero-order valence-electron chi connectivity index (χ0n) is 15.7. The zero-order valence-corrected chi connectivity index (χ0v) is 15.7. The van der Waals surface area contributed by atoms with Crippen molar-refractivity contribution in [3.8, 4) is 0 Å². The van der Waals surface area contributed by atoms with E-state index in [1.54, 1.807) is 16.5 Å². The van der Waals surface area contributed by atoms with Gasteiger partial charge in [0.25, 0.3) is 5.91 Å². The largest absolute Gasteiger partial charge is 0.467 e. The fourth-order valence-electron chi connectivity index (χ4n) is 3.29. The van der Waals surface area contributed by atoms with Crippen LogP contribution in [0.15, 0.2) is 47.2 Å². The molecular weight excluding hydrogens is 376 g/mol. The number of hydrogen-bond acceptors (Lipinski definition) is 6. The van der Waals surface area contributed by atoms with E-state index in [4.69, 9.17) is 4.42 Å². The lowest BCUT2D eigenvalue weighted by Crippen LogP contribution is -2.33.